The van der Waals surface area contributed by atoms with Gasteiger partial charge in [-0.05, 0) is 37.5 Å². The Morgan fingerprint density at radius 1 is 1.42 bits per heavy atom. The van der Waals surface area contributed by atoms with Crippen molar-refractivity contribution in [1.82, 2.24) is 9.78 Å². The lowest BCUT2D eigenvalue weighted by atomic mass is 9.68. The van der Waals surface area contributed by atoms with Crippen molar-refractivity contribution in [1.29, 1.82) is 0 Å². The van der Waals surface area contributed by atoms with E-state index in [1.165, 1.54) is 6.42 Å². The summed E-state index contributed by atoms with van der Waals surface area (Å²) >= 11 is 0. The van der Waals surface area contributed by atoms with Crippen LogP contribution in [-0.4, -0.2) is 22.0 Å². The molecule has 1 N–H and O–H groups in total. The summed E-state index contributed by atoms with van der Waals surface area (Å²) in [5.74, 6) is 0.716. The van der Waals surface area contributed by atoms with Gasteiger partial charge in [0.25, 0.3) is 0 Å². The van der Waals surface area contributed by atoms with Gasteiger partial charge in [0.1, 0.15) is 11.3 Å². The van der Waals surface area contributed by atoms with Crippen molar-refractivity contribution in [3.05, 3.63) is 11.9 Å². The highest BCUT2D eigenvalue weighted by Gasteiger charge is 2.43. The van der Waals surface area contributed by atoms with Crippen molar-refractivity contribution >= 4 is 0 Å². The molecular weight excluding hydrogens is 240 g/mol. The van der Waals surface area contributed by atoms with Gasteiger partial charge in [0.2, 0.25) is 0 Å². The van der Waals surface area contributed by atoms with E-state index >= 15 is 0 Å². The van der Waals surface area contributed by atoms with E-state index in [1.54, 1.807) is 13.3 Å². The van der Waals surface area contributed by atoms with Crippen LogP contribution in [-0.2, 0) is 12.1 Å². The third-order valence-electron chi connectivity index (χ3n) is 4.12. The maximum Gasteiger partial charge on any atom is 0.162 e. The molecule has 1 unspecified atom stereocenters. The second-order valence-corrected chi connectivity index (χ2v) is 6.51. The van der Waals surface area contributed by atoms with Crippen LogP contribution >= 0.6 is 0 Å². The SMILES string of the molecule is CCCn1ncc(OC)c1C1(O)CCCC(C)(C)C1. The molecule has 108 valence electrons. The van der Waals surface area contributed by atoms with E-state index in [4.69, 9.17) is 4.74 Å². The largest absolute Gasteiger partial charge is 0.493 e. The second kappa shape index (κ2) is 5.16. The summed E-state index contributed by atoms with van der Waals surface area (Å²) in [4.78, 5) is 0. The number of aromatic nitrogens is 2. The van der Waals surface area contributed by atoms with Crippen LogP contribution in [0.1, 0.15) is 58.6 Å². The maximum atomic E-state index is 11.1. The van der Waals surface area contributed by atoms with Crippen LogP contribution in [0.3, 0.4) is 0 Å². The fourth-order valence-electron chi connectivity index (χ4n) is 3.40. The van der Waals surface area contributed by atoms with E-state index in [9.17, 15) is 5.11 Å². The van der Waals surface area contributed by atoms with E-state index in [2.05, 4.69) is 25.9 Å². The molecule has 1 aromatic heterocycles. The first-order valence-electron chi connectivity index (χ1n) is 7.24. The number of ether oxygens (including phenoxy) is 1. The maximum absolute atomic E-state index is 11.1. The first kappa shape index (κ1) is 14.4. The van der Waals surface area contributed by atoms with E-state index < -0.39 is 5.60 Å². The predicted octanol–water partition coefficient (Wildman–Crippen LogP) is 3.09. The number of hydrogen-bond donors (Lipinski definition) is 1. The lowest BCUT2D eigenvalue weighted by molar-refractivity contribution is -0.0520. The summed E-state index contributed by atoms with van der Waals surface area (Å²) < 4.78 is 7.33. The van der Waals surface area contributed by atoms with Gasteiger partial charge in [0.05, 0.1) is 13.3 Å². The van der Waals surface area contributed by atoms with Gasteiger partial charge in [-0.3, -0.25) is 4.68 Å². The zero-order chi connectivity index (χ0) is 14.1. The van der Waals surface area contributed by atoms with Crippen LogP contribution in [0.5, 0.6) is 5.75 Å². The van der Waals surface area contributed by atoms with Gasteiger partial charge < -0.3 is 9.84 Å². The van der Waals surface area contributed by atoms with Gasteiger partial charge in [-0.2, -0.15) is 5.10 Å². The lowest BCUT2D eigenvalue weighted by Crippen LogP contribution is -2.38. The quantitative estimate of drug-likeness (QED) is 0.911. The fourth-order valence-corrected chi connectivity index (χ4v) is 3.40. The highest BCUT2D eigenvalue weighted by atomic mass is 16.5. The molecular formula is C15H26N2O2. The van der Waals surface area contributed by atoms with Crippen LogP contribution in [0.15, 0.2) is 6.20 Å². The first-order valence-corrected chi connectivity index (χ1v) is 7.24. The molecule has 0 spiro atoms. The Morgan fingerprint density at radius 3 is 2.74 bits per heavy atom. The Bertz CT molecular complexity index is 439. The molecule has 1 saturated carbocycles. The third kappa shape index (κ3) is 2.78. The lowest BCUT2D eigenvalue weighted by Gasteiger charge is -2.41. The molecule has 2 rings (SSSR count). The van der Waals surface area contributed by atoms with Crippen LogP contribution < -0.4 is 4.74 Å². The molecule has 19 heavy (non-hydrogen) atoms. The average Bonchev–Trinajstić information content (AvgIpc) is 2.71. The van der Waals surface area contributed by atoms with Crippen molar-refractivity contribution in [2.45, 2.75) is 65.0 Å². The van der Waals surface area contributed by atoms with Crippen molar-refractivity contribution in [3.8, 4) is 5.75 Å². The van der Waals surface area contributed by atoms with Crippen LogP contribution in [0.4, 0.5) is 0 Å². The Morgan fingerprint density at radius 2 is 2.16 bits per heavy atom. The molecule has 0 bridgehead atoms. The number of hydrogen-bond acceptors (Lipinski definition) is 3. The van der Waals surface area contributed by atoms with Gasteiger partial charge in [0.15, 0.2) is 5.75 Å². The van der Waals surface area contributed by atoms with Gasteiger partial charge in [-0.25, -0.2) is 0 Å². The van der Waals surface area contributed by atoms with E-state index in [-0.39, 0.29) is 5.41 Å². The topological polar surface area (TPSA) is 47.3 Å². The standard InChI is InChI=1S/C15H26N2O2/c1-5-9-17-13(12(19-4)10-16-17)15(18)8-6-7-14(2,3)11-15/h10,18H,5-9,11H2,1-4H3. The third-order valence-corrected chi connectivity index (χ3v) is 4.12. The number of methoxy groups -OCH3 is 1. The minimum atomic E-state index is -0.807. The first-order chi connectivity index (χ1) is 8.92. The monoisotopic (exact) mass is 266 g/mol. The second-order valence-electron chi connectivity index (χ2n) is 6.51. The summed E-state index contributed by atoms with van der Waals surface area (Å²) in [5, 5.41) is 15.5. The summed E-state index contributed by atoms with van der Waals surface area (Å²) in [6.07, 6.45) is 6.50. The minimum Gasteiger partial charge on any atom is -0.493 e. The van der Waals surface area contributed by atoms with E-state index in [0.29, 0.717) is 5.75 Å². The average molecular weight is 266 g/mol. The molecule has 0 amide bonds. The van der Waals surface area contributed by atoms with Crippen LogP contribution in [0.25, 0.3) is 0 Å². The molecule has 0 aliphatic heterocycles. The molecule has 1 aliphatic carbocycles. The van der Waals surface area contributed by atoms with E-state index in [1.807, 2.05) is 4.68 Å². The molecule has 1 atom stereocenters. The predicted molar refractivity (Wildman–Crippen MR) is 75.2 cm³/mol. The number of aliphatic hydroxyl groups is 1. The number of aryl methyl sites for hydroxylation is 1. The Hall–Kier alpha value is -1.03. The summed E-state index contributed by atoms with van der Waals surface area (Å²) in [6, 6.07) is 0. The molecule has 1 aromatic rings. The zero-order valence-corrected chi connectivity index (χ0v) is 12.6. The van der Waals surface area contributed by atoms with Gasteiger partial charge in [-0.15, -0.1) is 0 Å². The Balaban J connectivity index is 2.40. The van der Waals surface area contributed by atoms with Crippen molar-refractivity contribution < 1.29 is 9.84 Å². The minimum absolute atomic E-state index is 0.166. The Kier molecular flexibility index (Phi) is 3.90. The molecule has 0 aromatic carbocycles. The van der Waals surface area contributed by atoms with Gasteiger partial charge >= 0.3 is 0 Å². The molecule has 0 radical (unpaired) electrons. The number of rotatable bonds is 4. The van der Waals surface area contributed by atoms with Crippen LogP contribution in [0, 0.1) is 5.41 Å². The molecule has 0 saturated heterocycles. The van der Waals surface area contributed by atoms with Crippen molar-refractivity contribution in [2.75, 3.05) is 7.11 Å². The normalized spacial score (nSPS) is 26.4. The summed E-state index contributed by atoms with van der Waals surface area (Å²) in [6.45, 7) is 7.39. The molecule has 1 fully saturated rings. The van der Waals surface area contributed by atoms with Gasteiger partial charge in [0, 0.05) is 6.54 Å². The highest BCUT2D eigenvalue weighted by molar-refractivity contribution is 5.31. The smallest absolute Gasteiger partial charge is 0.162 e. The van der Waals surface area contributed by atoms with Gasteiger partial charge in [-0.1, -0.05) is 20.8 Å². The van der Waals surface area contributed by atoms with Crippen LogP contribution in [0.2, 0.25) is 0 Å². The highest BCUT2D eigenvalue weighted by Crippen LogP contribution is 2.48. The zero-order valence-electron chi connectivity index (χ0n) is 12.6. The van der Waals surface area contributed by atoms with Crippen molar-refractivity contribution in [2.24, 2.45) is 5.41 Å². The molecule has 4 heteroatoms. The molecule has 4 nitrogen and oxygen atoms in total. The fraction of sp³-hybridized carbons (Fsp3) is 0.800. The van der Waals surface area contributed by atoms with Crippen molar-refractivity contribution in [3.63, 3.8) is 0 Å². The van der Waals surface area contributed by atoms with E-state index in [0.717, 1.165) is 37.9 Å². The number of nitrogens with zero attached hydrogens (tertiary/aromatic N) is 2. The molecule has 1 heterocycles. The summed E-state index contributed by atoms with van der Waals surface area (Å²) in [5.41, 5.74) is 0.225. The Labute approximate surface area is 115 Å². The summed E-state index contributed by atoms with van der Waals surface area (Å²) in [7, 11) is 1.65. The molecule has 1 aliphatic rings.